The van der Waals surface area contributed by atoms with Gasteiger partial charge in [-0.2, -0.15) is 9.61 Å². The second-order valence-electron chi connectivity index (χ2n) is 17.2. The van der Waals surface area contributed by atoms with Gasteiger partial charge in [0.15, 0.2) is 5.65 Å². The largest absolute Gasteiger partial charge is 0.444 e. The highest BCUT2D eigenvalue weighted by atomic mass is 32.1. The van der Waals surface area contributed by atoms with Gasteiger partial charge >= 0.3 is 6.09 Å². The number of fused-ring (bicyclic) bond motifs is 3. The van der Waals surface area contributed by atoms with Crippen LogP contribution < -0.4 is 4.90 Å². The molecule has 14 heteroatoms. The van der Waals surface area contributed by atoms with Crippen molar-refractivity contribution < 1.29 is 24.1 Å². The zero-order chi connectivity index (χ0) is 35.7. The first-order valence-corrected chi connectivity index (χ1v) is 26.1. The summed E-state index contributed by atoms with van der Waals surface area (Å²) in [7, 11) is -2.54. The van der Waals surface area contributed by atoms with E-state index in [1.165, 1.54) is 11.3 Å². The van der Waals surface area contributed by atoms with Crippen molar-refractivity contribution >= 4 is 45.0 Å². The molecule has 1 amide bonds. The van der Waals surface area contributed by atoms with Crippen molar-refractivity contribution in [3.63, 3.8) is 0 Å². The molecule has 3 aromatic rings. The van der Waals surface area contributed by atoms with Crippen LogP contribution >= 0.6 is 11.3 Å². The van der Waals surface area contributed by atoms with Crippen molar-refractivity contribution in [2.45, 2.75) is 134 Å². The van der Waals surface area contributed by atoms with E-state index in [-0.39, 0.29) is 24.1 Å². The molecule has 272 valence electrons. The first-order valence-electron chi connectivity index (χ1n) is 17.8. The number of carbonyl (C=O) groups is 1. The molecule has 2 fully saturated rings. The van der Waals surface area contributed by atoms with Crippen LogP contribution in [0.5, 0.6) is 0 Å². The number of aromatic nitrogens is 4. The van der Waals surface area contributed by atoms with E-state index in [4.69, 9.17) is 24.3 Å². The summed E-state index contributed by atoms with van der Waals surface area (Å²) in [4.78, 5) is 28.1. The Morgan fingerprint density at radius 3 is 2.12 bits per heavy atom. The van der Waals surface area contributed by atoms with Gasteiger partial charge in [-0.15, -0.1) is 11.3 Å². The monoisotopic (exact) mass is 730 g/mol. The number of hydrogen-bond donors (Lipinski definition) is 1. The Labute approximate surface area is 298 Å². The Kier molecular flexibility index (Phi) is 11.7. The van der Waals surface area contributed by atoms with Crippen molar-refractivity contribution in [1.82, 2.24) is 24.5 Å². The molecular formula is C35H58N6O5SSi2. The van der Waals surface area contributed by atoms with Crippen LogP contribution in [0.2, 0.25) is 51.4 Å². The van der Waals surface area contributed by atoms with E-state index in [1.807, 2.05) is 36.4 Å². The van der Waals surface area contributed by atoms with Crippen LogP contribution in [0.15, 0.2) is 18.5 Å². The predicted octanol–water partition coefficient (Wildman–Crippen LogP) is 7.98. The number of rotatable bonds is 14. The van der Waals surface area contributed by atoms with Gasteiger partial charge in [0.25, 0.3) is 0 Å². The molecule has 0 saturated carbocycles. The van der Waals surface area contributed by atoms with Crippen LogP contribution in [0.1, 0.15) is 76.1 Å². The molecule has 5 heterocycles. The highest BCUT2D eigenvalue weighted by Crippen LogP contribution is 2.44. The van der Waals surface area contributed by atoms with Gasteiger partial charge in [-0.05, 0) is 65.5 Å². The van der Waals surface area contributed by atoms with E-state index in [1.54, 1.807) is 13.1 Å². The van der Waals surface area contributed by atoms with Gasteiger partial charge in [0.05, 0.1) is 16.6 Å². The van der Waals surface area contributed by atoms with E-state index in [0.29, 0.717) is 31.7 Å². The maximum absolute atomic E-state index is 13.3. The molecule has 1 N–H and O–H groups in total. The quantitative estimate of drug-likeness (QED) is 0.100. The molecule has 0 aliphatic carbocycles. The molecule has 1 unspecified atom stereocenters. The Morgan fingerprint density at radius 2 is 1.61 bits per heavy atom. The first kappa shape index (κ1) is 37.9. The highest BCUT2D eigenvalue weighted by molar-refractivity contribution is 7.15. The summed E-state index contributed by atoms with van der Waals surface area (Å²) >= 11 is 1.46. The first-order chi connectivity index (χ1) is 22.9. The number of hydrogen-bond acceptors (Lipinski definition) is 10. The topological polar surface area (TPSA) is 115 Å². The van der Waals surface area contributed by atoms with Crippen molar-refractivity contribution in [1.29, 1.82) is 0 Å². The van der Waals surface area contributed by atoms with Gasteiger partial charge < -0.3 is 29.1 Å². The van der Waals surface area contributed by atoms with Crippen molar-refractivity contribution in [3.8, 4) is 10.4 Å². The molecule has 5 rings (SSSR count). The summed E-state index contributed by atoms with van der Waals surface area (Å²) in [6.07, 6.45) is 6.38. The number of carbonyl (C=O) groups excluding carboxylic acids is 1. The normalized spacial score (nSPS) is 20.6. The Balaban J connectivity index is 1.51. The number of anilines is 1. The third-order valence-electron chi connectivity index (χ3n) is 9.19. The lowest BCUT2D eigenvalue weighted by Crippen LogP contribution is -2.48. The Bertz CT molecular complexity index is 1540. The van der Waals surface area contributed by atoms with Crippen LogP contribution in [0.4, 0.5) is 10.6 Å². The summed E-state index contributed by atoms with van der Waals surface area (Å²) in [5, 5.41) is 15.7. The SMILES string of the molecule is CC(O)c1ncc(-c2cnn3c(N(COCC[Si](C)(C)C)COCC[Si](C)(C)C)cc([C@@H]4C[C@H]5CC[C@@H](C4)N5C(=O)OC(C)(C)C)nc23)s1. The minimum atomic E-state index is -1.27. The van der Waals surface area contributed by atoms with E-state index < -0.39 is 27.9 Å². The minimum Gasteiger partial charge on any atom is -0.444 e. The molecule has 2 saturated heterocycles. The molecule has 49 heavy (non-hydrogen) atoms. The molecule has 2 aliphatic heterocycles. The highest BCUT2D eigenvalue weighted by Gasteiger charge is 2.45. The third kappa shape index (κ3) is 9.91. The zero-order valence-electron chi connectivity index (χ0n) is 31.3. The second kappa shape index (κ2) is 15.1. The molecular weight excluding hydrogens is 673 g/mol. The number of aliphatic hydroxyl groups excluding tert-OH is 1. The Hall–Kier alpha value is -2.37. The number of amides is 1. The smallest absolute Gasteiger partial charge is 0.410 e. The lowest BCUT2D eigenvalue weighted by molar-refractivity contribution is 0.00568. The summed E-state index contributed by atoms with van der Waals surface area (Å²) in [5.74, 6) is 1.04. The minimum absolute atomic E-state index is 0.116. The van der Waals surface area contributed by atoms with Crippen molar-refractivity contribution in [2.24, 2.45) is 0 Å². The molecule has 0 spiro atoms. The van der Waals surface area contributed by atoms with E-state index in [0.717, 1.165) is 65.4 Å². The summed E-state index contributed by atoms with van der Waals surface area (Å²) in [6, 6.07) is 4.55. The maximum Gasteiger partial charge on any atom is 0.410 e. The fourth-order valence-electron chi connectivity index (χ4n) is 6.49. The van der Waals surface area contributed by atoms with Crippen LogP contribution in [0.3, 0.4) is 0 Å². The zero-order valence-corrected chi connectivity index (χ0v) is 34.1. The summed E-state index contributed by atoms with van der Waals surface area (Å²) in [6.45, 7) is 23.8. The number of nitrogens with zero attached hydrogens (tertiary/aromatic N) is 6. The van der Waals surface area contributed by atoms with E-state index in [2.05, 4.69) is 55.2 Å². The van der Waals surface area contributed by atoms with Crippen LogP contribution in [0, 0.1) is 0 Å². The van der Waals surface area contributed by atoms with Gasteiger partial charge in [0.2, 0.25) is 0 Å². The molecule has 0 radical (unpaired) electrons. The van der Waals surface area contributed by atoms with Gasteiger partial charge in [-0.1, -0.05) is 39.3 Å². The van der Waals surface area contributed by atoms with Crippen molar-refractivity contribution in [3.05, 3.63) is 29.2 Å². The number of ether oxygens (including phenoxy) is 3. The lowest BCUT2D eigenvalue weighted by atomic mass is 9.88. The standard InChI is InChI=1S/C35H58N6O5SSi2/c1-24(42)33-36-21-30(47-33)28-20-37-41-31(39(22-44-13-15-48(5,6)7)23-45-14-16-49(8,9)10)19-29(38-32(28)41)25-17-26-11-12-27(18-25)40(26)34(43)46-35(2,3)4/h19-21,24-27,42H,11-18,22-23H2,1-10H3/t24?,25-,26-,27+. The lowest BCUT2D eigenvalue weighted by Gasteiger charge is -2.39. The van der Waals surface area contributed by atoms with Gasteiger partial charge in [-0.3, -0.25) is 0 Å². The average Bonchev–Trinajstić information content (AvgIpc) is 3.70. The molecule has 0 aromatic carbocycles. The van der Waals surface area contributed by atoms with E-state index >= 15 is 0 Å². The maximum atomic E-state index is 13.3. The average molecular weight is 731 g/mol. The molecule has 4 atom stereocenters. The number of thiazole rings is 1. The van der Waals surface area contributed by atoms with Crippen LogP contribution in [-0.4, -0.2) is 96.2 Å². The van der Waals surface area contributed by atoms with Gasteiger partial charge in [0, 0.05) is 65.3 Å². The van der Waals surface area contributed by atoms with Crippen LogP contribution in [-0.2, 0) is 14.2 Å². The molecule has 11 nitrogen and oxygen atoms in total. The number of aliphatic hydroxyl groups is 1. The predicted molar refractivity (Wildman–Crippen MR) is 202 cm³/mol. The van der Waals surface area contributed by atoms with Crippen LogP contribution in [0.25, 0.3) is 16.1 Å². The number of piperidine rings is 1. The van der Waals surface area contributed by atoms with Gasteiger partial charge in [0.1, 0.15) is 36.0 Å². The molecule has 2 aliphatic rings. The fourth-order valence-corrected chi connectivity index (χ4v) is 8.86. The fraction of sp³-hybridized carbons (Fsp3) is 0.714. The molecule has 2 bridgehead atoms. The Morgan fingerprint density at radius 1 is 1.02 bits per heavy atom. The summed E-state index contributed by atoms with van der Waals surface area (Å²) < 4.78 is 20.4. The second-order valence-corrected chi connectivity index (χ2v) is 29.6. The van der Waals surface area contributed by atoms with Gasteiger partial charge in [-0.25, -0.2) is 14.8 Å². The third-order valence-corrected chi connectivity index (χ3v) is 13.8. The van der Waals surface area contributed by atoms with E-state index in [9.17, 15) is 9.90 Å². The summed E-state index contributed by atoms with van der Waals surface area (Å²) in [5.41, 5.74) is 2.07. The molecule has 3 aromatic heterocycles. The van der Waals surface area contributed by atoms with Crippen molar-refractivity contribution in [2.75, 3.05) is 31.6 Å².